The lowest BCUT2D eigenvalue weighted by Gasteiger charge is -2.24. The Morgan fingerprint density at radius 3 is 1.24 bits per heavy atom. The molecule has 0 aliphatic heterocycles. The third kappa shape index (κ3) is 9.03. The zero-order chi connectivity index (χ0) is 36.1. The van der Waals surface area contributed by atoms with Crippen molar-refractivity contribution in [3.63, 3.8) is 0 Å². The van der Waals surface area contributed by atoms with Crippen molar-refractivity contribution in [1.29, 1.82) is 0 Å². The number of hydrogen-bond donors (Lipinski definition) is 2. The van der Waals surface area contributed by atoms with Crippen molar-refractivity contribution in [2.45, 2.75) is 53.4 Å². The summed E-state index contributed by atoms with van der Waals surface area (Å²) in [4.78, 5) is 0. The highest BCUT2D eigenvalue weighted by Gasteiger charge is 2.33. The monoisotopic (exact) mass is 852 g/mol. The third-order valence-corrected chi connectivity index (χ3v) is 11.9. The Hall–Kier alpha value is -2.66. The van der Waals surface area contributed by atoms with Crippen LogP contribution in [0.2, 0.25) is 0 Å². The van der Waals surface area contributed by atoms with E-state index in [0.717, 1.165) is 4.47 Å². The number of benzene rings is 4. The van der Waals surface area contributed by atoms with Gasteiger partial charge in [0.2, 0.25) is 0 Å². The third-order valence-electron chi connectivity index (χ3n) is 7.90. The van der Waals surface area contributed by atoms with Gasteiger partial charge in [0.25, 0.3) is 0 Å². The number of aromatic hydroxyl groups is 2. The van der Waals surface area contributed by atoms with Crippen molar-refractivity contribution in [3.05, 3.63) is 114 Å². The van der Waals surface area contributed by atoms with Crippen molar-refractivity contribution in [1.82, 2.24) is 0 Å². The first-order chi connectivity index (χ1) is 23.9. The molecule has 0 radical (unpaired) electrons. The van der Waals surface area contributed by atoms with Crippen LogP contribution in [0, 0.1) is 0 Å². The topological polar surface area (TPSA) is 130 Å². The maximum Gasteiger partial charge on any atom is 0.530 e. The fourth-order valence-electron chi connectivity index (χ4n) is 5.90. The maximum atomic E-state index is 13.9. The van der Waals surface area contributed by atoms with Crippen molar-refractivity contribution in [3.8, 4) is 23.0 Å². The first-order valence-electron chi connectivity index (χ1n) is 16.3. The number of phenolic OH excluding ortho intramolecular Hbond substituents is 2. The zero-order valence-electron chi connectivity index (χ0n) is 28.2. The molecule has 4 aromatic rings. The van der Waals surface area contributed by atoms with Gasteiger partial charge < -0.3 is 19.3 Å². The van der Waals surface area contributed by atoms with E-state index in [-0.39, 0.29) is 75.1 Å². The second kappa shape index (κ2) is 16.8. The molecule has 1 aliphatic carbocycles. The Bertz CT molecular complexity index is 1930. The van der Waals surface area contributed by atoms with Crippen LogP contribution in [0.5, 0.6) is 23.0 Å². The average Bonchev–Trinajstić information content (AvgIpc) is 3.04. The van der Waals surface area contributed by atoms with Gasteiger partial charge in [-0.1, -0.05) is 68.3 Å². The van der Waals surface area contributed by atoms with Crippen molar-refractivity contribution < 1.29 is 46.5 Å². The minimum absolute atomic E-state index is 0.0617. The first-order valence-corrected chi connectivity index (χ1v) is 20.8. The van der Waals surface area contributed by atoms with Crippen LogP contribution in [0.3, 0.4) is 0 Å². The van der Waals surface area contributed by atoms with E-state index in [1.165, 1.54) is 0 Å². The van der Waals surface area contributed by atoms with Crippen LogP contribution in [0.1, 0.15) is 72.2 Å². The van der Waals surface area contributed by atoms with Gasteiger partial charge >= 0.3 is 15.6 Å². The lowest BCUT2D eigenvalue weighted by molar-refractivity contribution is 0.166. The average molecular weight is 854 g/mol. The van der Waals surface area contributed by atoms with Crippen LogP contribution in [-0.2, 0) is 52.9 Å². The lowest BCUT2D eigenvalue weighted by Crippen LogP contribution is -2.09. The van der Waals surface area contributed by atoms with Crippen LogP contribution < -0.4 is 9.05 Å². The molecule has 1 aliphatic rings. The molecule has 0 saturated heterocycles. The van der Waals surface area contributed by atoms with Gasteiger partial charge in [-0.25, -0.2) is 9.13 Å². The predicted octanol–water partition coefficient (Wildman–Crippen LogP) is 10.4. The number of phenols is 2. The molecule has 8 bridgehead atoms. The number of phosphoric ester groups is 2. The van der Waals surface area contributed by atoms with Gasteiger partial charge in [-0.2, -0.15) is 0 Å². The van der Waals surface area contributed by atoms with Crippen LogP contribution in [0.15, 0.2) is 69.6 Å². The summed E-state index contributed by atoms with van der Waals surface area (Å²) in [6.45, 7) is 7.10. The molecule has 0 spiro atoms. The Balaban J connectivity index is 1.81. The highest BCUT2D eigenvalue weighted by molar-refractivity contribution is 9.10. The SMILES string of the molecule is CCOP(=O)(OCC)Oc1c2cccc1Cc1cc(Br)cc(c1OP(=O)(OCC)OCC)Cc1cccc(c1O)Cc1cc(Br)cc(c1O)C2. The zero-order valence-corrected chi connectivity index (χ0v) is 33.2. The number of halogens is 2. The molecule has 5 rings (SSSR count). The molecular weight excluding hydrogens is 814 g/mol. The highest BCUT2D eigenvalue weighted by Crippen LogP contribution is 2.54. The van der Waals surface area contributed by atoms with Crippen molar-refractivity contribution >= 4 is 47.5 Å². The number of phosphoric acid groups is 2. The largest absolute Gasteiger partial charge is 0.530 e. The molecule has 0 unspecified atom stereocenters. The van der Waals surface area contributed by atoms with E-state index >= 15 is 0 Å². The minimum atomic E-state index is -4.09. The standard InChI is InChI=1S/C36H40Br2O10P2/c1-5-43-49(41,44-6-2)47-35-25-13-10-14-26(35)18-30-22-32(38)21-29(36(30)48-50(42,45-7-3)46-8-4)16-24-12-9-11-23(33(24)39)15-27-19-31(37)20-28(17-25)34(27)40/h9-14,19-22,39-40H,5-8,15-18H2,1-4H3. The first kappa shape index (κ1) is 38.6. The molecule has 2 N–H and O–H groups in total. The lowest BCUT2D eigenvalue weighted by atomic mass is 9.91. The van der Waals surface area contributed by atoms with Gasteiger partial charge in [-0.15, -0.1) is 0 Å². The normalized spacial score (nSPS) is 13.2. The molecule has 10 nitrogen and oxygen atoms in total. The fraction of sp³-hybridized carbons (Fsp3) is 0.333. The Morgan fingerprint density at radius 2 is 0.820 bits per heavy atom. The molecule has 268 valence electrons. The summed E-state index contributed by atoms with van der Waals surface area (Å²) in [5.41, 5.74) is 4.70. The van der Waals surface area contributed by atoms with Crippen LogP contribution in [0.25, 0.3) is 0 Å². The fourth-order valence-corrected chi connectivity index (χ4v) is 9.55. The summed E-state index contributed by atoms with van der Waals surface area (Å²) >= 11 is 7.24. The molecule has 4 aromatic carbocycles. The maximum absolute atomic E-state index is 13.9. The summed E-state index contributed by atoms with van der Waals surface area (Å²) in [6, 6.07) is 18.2. The second-order valence-corrected chi connectivity index (χ2v) is 16.4. The van der Waals surface area contributed by atoms with E-state index in [9.17, 15) is 19.3 Å². The highest BCUT2D eigenvalue weighted by atomic mass is 79.9. The Labute approximate surface area is 309 Å². The molecule has 0 heterocycles. The molecule has 0 saturated carbocycles. The second-order valence-electron chi connectivity index (χ2n) is 11.4. The number of para-hydroxylation sites is 2. The quantitative estimate of drug-likeness (QED) is 0.117. The predicted molar refractivity (Wildman–Crippen MR) is 199 cm³/mol. The molecule has 50 heavy (non-hydrogen) atoms. The summed E-state index contributed by atoms with van der Waals surface area (Å²) in [7, 11) is -8.18. The van der Waals surface area contributed by atoms with Crippen molar-refractivity contribution in [2.75, 3.05) is 26.4 Å². The summed E-state index contributed by atoms with van der Waals surface area (Å²) in [6.07, 6.45) is 0.733. The van der Waals surface area contributed by atoms with E-state index < -0.39 is 15.6 Å². The van der Waals surface area contributed by atoms with E-state index in [1.54, 1.807) is 39.8 Å². The van der Waals surface area contributed by atoms with Gasteiger partial charge in [0.15, 0.2) is 0 Å². The van der Waals surface area contributed by atoms with Gasteiger partial charge in [0, 0.05) is 45.8 Å². The van der Waals surface area contributed by atoms with Crippen LogP contribution in [-0.4, -0.2) is 36.6 Å². The van der Waals surface area contributed by atoms with Gasteiger partial charge in [0.05, 0.1) is 26.4 Å². The van der Waals surface area contributed by atoms with E-state index in [1.807, 2.05) is 48.5 Å². The molecule has 0 atom stereocenters. The summed E-state index contributed by atoms with van der Waals surface area (Å²) in [5.74, 6) is 0.621. The Morgan fingerprint density at radius 1 is 0.520 bits per heavy atom. The minimum Gasteiger partial charge on any atom is -0.507 e. The molecule has 0 amide bonds. The molecule has 0 aromatic heterocycles. The smallest absolute Gasteiger partial charge is 0.507 e. The molecule has 14 heteroatoms. The summed E-state index contributed by atoms with van der Waals surface area (Å²) in [5, 5.41) is 23.1. The van der Waals surface area contributed by atoms with E-state index in [4.69, 9.17) is 27.1 Å². The van der Waals surface area contributed by atoms with Gasteiger partial charge in [-0.3, -0.25) is 18.1 Å². The number of rotatable bonds is 12. The number of hydrogen-bond acceptors (Lipinski definition) is 10. The van der Waals surface area contributed by atoms with Crippen LogP contribution >= 0.6 is 47.5 Å². The molecular formula is C36H40Br2O10P2. The molecule has 0 fully saturated rings. The van der Waals surface area contributed by atoms with Crippen LogP contribution in [0.4, 0.5) is 0 Å². The summed E-state index contributed by atoms with van der Waals surface area (Å²) < 4.78 is 63.9. The van der Waals surface area contributed by atoms with Gasteiger partial charge in [-0.05, 0) is 85.3 Å². The Kier molecular flexibility index (Phi) is 12.9. The van der Waals surface area contributed by atoms with E-state index in [0.29, 0.717) is 49.0 Å². The van der Waals surface area contributed by atoms with Gasteiger partial charge in [0.1, 0.15) is 23.0 Å². The van der Waals surface area contributed by atoms with Crippen molar-refractivity contribution in [2.24, 2.45) is 0 Å². The van der Waals surface area contributed by atoms with E-state index in [2.05, 4.69) is 31.9 Å². The number of fused-ring (bicyclic) bond motifs is 8.